The molecule has 2 aliphatic rings. The highest BCUT2D eigenvalue weighted by atomic mass is 14.9. The molecule has 4 heteroatoms. The second kappa shape index (κ2) is 13.4. The average Bonchev–Trinajstić information content (AvgIpc) is 3.48. The highest BCUT2D eigenvalue weighted by Gasteiger charge is 2.40. The van der Waals surface area contributed by atoms with E-state index >= 15 is 0 Å². The number of fused-ring (bicyclic) bond motifs is 4. The van der Waals surface area contributed by atoms with Crippen molar-refractivity contribution in [2.24, 2.45) is 0 Å². The molecule has 0 saturated carbocycles. The van der Waals surface area contributed by atoms with Crippen LogP contribution in [0.15, 0.2) is 170 Å². The molecule has 0 atom stereocenters. The van der Waals surface area contributed by atoms with Gasteiger partial charge in [0.1, 0.15) is 0 Å². The van der Waals surface area contributed by atoms with Gasteiger partial charge in [0.2, 0.25) is 0 Å². The van der Waals surface area contributed by atoms with Crippen molar-refractivity contribution in [1.82, 2.24) is 19.9 Å². The molecule has 0 amide bonds. The second-order valence-electron chi connectivity index (χ2n) is 15.5. The Labute approximate surface area is 323 Å². The Hall–Kier alpha value is -6.52. The van der Waals surface area contributed by atoms with Crippen molar-refractivity contribution in [3.05, 3.63) is 192 Å². The summed E-state index contributed by atoms with van der Waals surface area (Å²) in [5.74, 6) is 1.46. The van der Waals surface area contributed by atoms with E-state index in [1.807, 2.05) is 36.4 Å². The first kappa shape index (κ1) is 34.3. The summed E-state index contributed by atoms with van der Waals surface area (Å²) in [4.78, 5) is 21.0. The van der Waals surface area contributed by atoms with Gasteiger partial charge < -0.3 is 0 Å². The van der Waals surface area contributed by atoms with Gasteiger partial charge in [0, 0.05) is 56.2 Å². The molecular formula is C51H42N4. The summed E-state index contributed by atoms with van der Waals surface area (Å²) in [7, 11) is 0. The lowest BCUT2D eigenvalue weighted by Gasteiger charge is -2.30. The fraction of sp³-hybridized carbons (Fsp3) is 0.137. The SMILES string of the molecule is C=C1/C=C\C=C/Cc2nc(-c3ccccc3)nc(-c3cccc(-c4ccc(-c5nc(-c6ccccc6)nc6c5C(C)(C)c5ccccc5-6)cc4)c3)c2C1(C)C. The molecule has 0 aliphatic heterocycles. The van der Waals surface area contributed by atoms with Crippen LogP contribution in [0.2, 0.25) is 0 Å². The first-order chi connectivity index (χ1) is 26.7. The topological polar surface area (TPSA) is 51.6 Å². The Morgan fingerprint density at radius 3 is 1.75 bits per heavy atom. The van der Waals surface area contributed by atoms with E-state index in [9.17, 15) is 0 Å². The molecule has 0 unspecified atom stereocenters. The normalized spacial score (nSPS) is 16.2. The van der Waals surface area contributed by atoms with Gasteiger partial charge in [-0.1, -0.05) is 186 Å². The van der Waals surface area contributed by atoms with E-state index in [4.69, 9.17) is 19.9 Å². The molecule has 0 spiro atoms. The van der Waals surface area contributed by atoms with Crippen LogP contribution in [0.25, 0.3) is 67.7 Å². The van der Waals surface area contributed by atoms with E-state index in [-0.39, 0.29) is 5.41 Å². The molecule has 9 rings (SSSR count). The number of nitrogens with zero attached hydrogens (tertiary/aromatic N) is 4. The van der Waals surface area contributed by atoms with Crippen LogP contribution in [0.5, 0.6) is 0 Å². The fourth-order valence-electron chi connectivity index (χ4n) is 8.24. The van der Waals surface area contributed by atoms with E-state index in [0.29, 0.717) is 6.42 Å². The van der Waals surface area contributed by atoms with Gasteiger partial charge in [-0.2, -0.15) is 0 Å². The molecule has 2 aliphatic carbocycles. The van der Waals surface area contributed by atoms with E-state index in [2.05, 4.69) is 156 Å². The Bertz CT molecular complexity index is 2670. The van der Waals surface area contributed by atoms with Crippen LogP contribution in [0.1, 0.15) is 50.1 Å². The summed E-state index contributed by atoms with van der Waals surface area (Å²) in [6.45, 7) is 13.5. The summed E-state index contributed by atoms with van der Waals surface area (Å²) in [5.41, 5.74) is 15.4. The molecular weight excluding hydrogens is 669 g/mol. The molecule has 55 heavy (non-hydrogen) atoms. The monoisotopic (exact) mass is 710 g/mol. The van der Waals surface area contributed by atoms with Gasteiger partial charge in [-0.05, 0) is 28.3 Å². The minimum Gasteiger partial charge on any atom is -0.232 e. The largest absolute Gasteiger partial charge is 0.232 e. The molecule has 4 nitrogen and oxygen atoms in total. The summed E-state index contributed by atoms with van der Waals surface area (Å²) in [6, 6.07) is 46.8. The van der Waals surface area contributed by atoms with Crippen molar-refractivity contribution in [2.45, 2.75) is 44.9 Å². The maximum Gasteiger partial charge on any atom is 0.160 e. The predicted molar refractivity (Wildman–Crippen MR) is 227 cm³/mol. The van der Waals surface area contributed by atoms with Gasteiger partial charge in [-0.3, -0.25) is 0 Å². The van der Waals surface area contributed by atoms with Gasteiger partial charge in [0.25, 0.3) is 0 Å². The van der Waals surface area contributed by atoms with Crippen molar-refractivity contribution in [3.63, 3.8) is 0 Å². The molecule has 2 heterocycles. The third-order valence-electron chi connectivity index (χ3n) is 11.3. The number of rotatable bonds is 5. The second-order valence-corrected chi connectivity index (χ2v) is 15.5. The maximum absolute atomic E-state index is 5.33. The quantitative estimate of drug-likeness (QED) is 0.178. The lowest BCUT2D eigenvalue weighted by Crippen LogP contribution is -2.24. The van der Waals surface area contributed by atoms with Crippen molar-refractivity contribution in [3.8, 4) is 67.7 Å². The zero-order chi connectivity index (χ0) is 37.7. The van der Waals surface area contributed by atoms with Crippen molar-refractivity contribution in [2.75, 3.05) is 0 Å². The third kappa shape index (κ3) is 5.95. The molecule has 266 valence electrons. The van der Waals surface area contributed by atoms with Gasteiger partial charge in [0.05, 0.1) is 22.8 Å². The summed E-state index contributed by atoms with van der Waals surface area (Å²) in [5, 5.41) is 0. The van der Waals surface area contributed by atoms with Crippen molar-refractivity contribution >= 4 is 0 Å². The Balaban J connectivity index is 1.16. The average molecular weight is 711 g/mol. The Morgan fingerprint density at radius 2 is 1.04 bits per heavy atom. The summed E-state index contributed by atoms with van der Waals surface area (Å²) in [6.07, 6.45) is 9.14. The molecule has 7 aromatic rings. The predicted octanol–water partition coefficient (Wildman–Crippen LogP) is 12.4. The van der Waals surface area contributed by atoms with Crippen molar-refractivity contribution in [1.29, 1.82) is 0 Å². The van der Waals surface area contributed by atoms with Crippen molar-refractivity contribution < 1.29 is 0 Å². The van der Waals surface area contributed by atoms with Crippen LogP contribution in [0, 0.1) is 0 Å². The van der Waals surface area contributed by atoms with E-state index in [1.54, 1.807) is 0 Å². The van der Waals surface area contributed by atoms with Crippen LogP contribution >= 0.6 is 0 Å². The van der Waals surface area contributed by atoms with Crippen LogP contribution in [0.3, 0.4) is 0 Å². The highest BCUT2D eigenvalue weighted by Crippen LogP contribution is 2.51. The first-order valence-electron chi connectivity index (χ1n) is 19.0. The molecule has 0 bridgehead atoms. The van der Waals surface area contributed by atoms with Gasteiger partial charge in [-0.15, -0.1) is 0 Å². The Morgan fingerprint density at radius 1 is 0.473 bits per heavy atom. The minimum absolute atomic E-state index is 0.250. The Kier molecular flexibility index (Phi) is 8.35. The number of allylic oxidation sites excluding steroid dienone is 5. The van der Waals surface area contributed by atoms with Gasteiger partial charge in [-0.25, -0.2) is 19.9 Å². The van der Waals surface area contributed by atoms with Crippen LogP contribution in [0.4, 0.5) is 0 Å². The first-order valence-corrected chi connectivity index (χ1v) is 19.0. The number of hydrogen-bond donors (Lipinski definition) is 0. The van der Waals surface area contributed by atoms with E-state index in [1.165, 1.54) is 16.7 Å². The highest BCUT2D eigenvalue weighted by molar-refractivity contribution is 5.86. The fourth-order valence-corrected chi connectivity index (χ4v) is 8.24. The van der Waals surface area contributed by atoms with Gasteiger partial charge in [0.15, 0.2) is 11.6 Å². The molecule has 2 aromatic heterocycles. The summed E-state index contributed by atoms with van der Waals surface area (Å²) < 4.78 is 0. The number of hydrogen-bond acceptors (Lipinski definition) is 4. The molecule has 0 N–H and O–H groups in total. The zero-order valence-electron chi connectivity index (χ0n) is 31.7. The number of benzene rings is 5. The smallest absolute Gasteiger partial charge is 0.160 e. The molecule has 0 fully saturated rings. The maximum atomic E-state index is 5.33. The van der Waals surface area contributed by atoms with E-state index < -0.39 is 5.41 Å². The van der Waals surface area contributed by atoms with E-state index in [0.717, 1.165) is 78.9 Å². The zero-order valence-corrected chi connectivity index (χ0v) is 31.7. The number of aromatic nitrogens is 4. The summed E-state index contributed by atoms with van der Waals surface area (Å²) >= 11 is 0. The van der Waals surface area contributed by atoms with Crippen LogP contribution in [-0.2, 0) is 17.3 Å². The van der Waals surface area contributed by atoms with Crippen LogP contribution in [-0.4, -0.2) is 19.9 Å². The molecule has 5 aromatic carbocycles. The van der Waals surface area contributed by atoms with Gasteiger partial charge >= 0.3 is 0 Å². The molecule has 0 radical (unpaired) electrons. The third-order valence-corrected chi connectivity index (χ3v) is 11.3. The standard InChI is InChI=1S/C51H42N4/c1-33-18-9-6-14-27-42-43(50(33,2)3)46(54-48(52-42)36-19-10-7-11-20-36)39-24-17-23-38(32-39)34-28-30-35(31-29-34)45-44-47(40-25-15-16-26-41(40)51(44,4)5)55-49(53-45)37-21-12-8-13-22-37/h6-26,28-32H,1,27H2,2-5H3/b14-6-,18-9-. The molecule has 0 saturated heterocycles. The lowest BCUT2D eigenvalue weighted by atomic mass is 9.75. The van der Waals surface area contributed by atoms with Crippen LogP contribution < -0.4 is 0 Å². The lowest BCUT2D eigenvalue weighted by molar-refractivity contribution is 0.628. The minimum atomic E-state index is -0.399.